The van der Waals surface area contributed by atoms with Crippen molar-refractivity contribution in [3.8, 4) is 0 Å². The van der Waals surface area contributed by atoms with Gasteiger partial charge in [-0.25, -0.2) is 4.79 Å². The van der Waals surface area contributed by atoms with Crippen molar-refractivity contribution in [2.45, 2.75) is 0 Å². The summed E-state index contributed by atoms with van der Waals surface area (Å²) in [7, 11) is 0. The quantitative estimate of drug-likeness (QED) is 0.511. The highest BCUT2D eigenvalue weighted by Crippen LogP contribution is 2.03. The molecule has 2 rings (SSSR count). The van der Waals surface area contributed by atoms with Crippen LogP contribution < -0.4 is 5.69 Å². The average molecular weight is 167 g/mol. The normalized spacial score (nSPS) is 10.5. The first-order valence-electron chi connectivity index (χ1n) is 3.07. The van der Waals surface area contributed by atoms with E-state index in [4.69, 9.17) is 12.2 Å². The van der Waals surface area contributed by atoms with Gasteiger partial charge >= 0.3 is 5.69 Å². The molecule has 0 saturated heterocycles. The molecule has 4 nitrogen and oxygen atoms in total. The van der Waals surface area contributed by atoms with E-state index < -0.39 is 0 Å². The number of hydrogen-bond donors (Lipinski definition) is 3. The predicted octanol–water partition coefficient (Wildman–Crippen LogP) is 0.914. The summed E-state index contributed by atoms with van der Waals surface area (Å²) in [6, 6.07) is 1.72. The summed E-state index contributed by atoms with van der Waals surface area (Å²) in [5, 5.41) is 0. The third kappa shape index (κ3) is 0.894. The van der Waals surface area contributed by atoms with Crippen molar-refractivity contribution in [2.24, 2.45) is 0 Å². The molecule has 3 N–H and O–H groups in total. The summed E-state index contributed by atoms with van der Waals surface area (Å²) in [5.74, 6) is 0. The van der Waals surface area contributed by atoms with Crippen LogP contribution in [0.4, 0.5) is 0 Å². The van der Waals surface area contributed by atoms with Crippen LogP contribution in [0.3, 0.4) is 0 Å². The summed E-state index contributed by atoms with van der Waals surface area (Å²) in [5.41, 5.74) is 1.06. The summed E-state index contributed by atoms with van der Waals surface area (Å²) in [4.78, 5) is 18.8. The molecule has 0 radical (unpaired) electrons. The SMILES string of the molecule is O=c1[nH]c2[nH]ccc(=S)c2[nH]1. The lowest BCUT2D eigenvalue weighted by Gasteiger charge is -1.85. The number of pyridine rings is 1. The monoisotopic (exact) mass is 167 g/mol. The molecule has 11 heavy (non-hydrogen) atoms. The molecule has 0 aliphatic carbocycles. The Bertz CT molecular complexity index is 492. The van der Waals surface area contributed by atoms with E-state index in [1.807, 2.05) is 0 Å². The summed E-state index contributed by atoms with van der Waals surface area (Å²) in [6.45, 7) is 0. The fourth-order valence-corrected chi connectivity index (χ4v) is 1.18. The molecule has 2 aromatic rings. The molecule has 0 aliphatic heterocycles. The van der Waals surface area contributed by atoms with Gasteiger partial charge in [-0.15, -0.1) is 0 Å². The van der Waals surface area contributed by atoms with Gasteiger partial charge < -0.3 is 9.97 Å². The molecule has 0 atom stereocenters. The van der Waals surface area contributed by atoms with Crippen LogP contribution in [0.15, 0.2) is 17.1 Å². The fraction of sp³-hybridized carbons (Fsp3) is 0. The summed E-state index contributed by atoms with van der Waals surface area (Å²) in [6.07, 6.45) is 1.69. The van der Waals surface area contributed by atoms with Gasteiger partial charge in [0.25, 0.3) is 0 Å². The van der Waals surface area contributed by atoms with Gasteiger partial charge in [0, 0.05) is 6.20 Å². The lowest BCUT2D eigenvalue weighted by molar-refractivity contribution is 1.20. The standard InChI is InChI=1S/C6H5N3OS/c10-6-8-4-3(11)1-2-7-5(4)9-6/h1-2H,(H3,7,8,9,10,11). The van der Waals surface area contributed by atoms with Gasteiger partial charge in [0.1, 0.15) is 11.2 Å². The number of aromatic nitrogens is 3. The van der Waals surface area contributed by atoms with Crippen molar-refractivity contribution >= 4 is 23.4 Å². The Morgan fingerprint density at radius 3 is 2.91 bits per heavy atom. The maximum Gasteiger partial charge on any atom is 0.325 e. The zero-order valence-corrected chi connectivity index (χ0v) is 6.29. The molecule has 0 aromatic carbocycles. The molecular formula is C6H5N3OS. The van der Waals surface area contributed by atoms with Gasteiger partial charge in [0.05, 0.1) is 4.51 Å². The topological polar surface area (TPSA) is 64.4 Å². The number of H-pyrrole nitrogens is 3. The van der Waals surface area contributed by atoms with E-state index in [1.165, 1.54) is 0 Å². The van der Waals surface area contributed by atoms with Crippen LogP contribution in [0, 0.1) is 4.51 Å². The minimum atomic E-state index is -0.242. The Kier molecular flexibility index (Phi) is 1.19. The first-order chi connectivity index (χ1) is 5.27. The van der Waals surface area contributed by atoms with Crippen LogP contribution in [0.25, 0.3) is 11.2 Å². The Labute approximate surface area is 66.3 Å². The summed E-state index contributed by atoms with van der Waals surface area (Å²) >= 11 is 4.96. The number of fused-ring (bicyclic) bond motifs is 1. The number of rotatable bonds is 0. The molecule has 56 valence electrons. The number of imidazole rings is 1. The fourth-order valence-electron chi connectivity index (χ4n) is 0.960. The van der Waals surface area contributed by atoms with Gasteiger partial charge in [-0.2, -0.15) is 0 Å². The molecule has 0 spiro atoms. The minimum absolute atomic E-state index is 0.242. The zero-order chi connectivity index (χ0) is 7.84. The van der Waals surface area contributed by atoms with Crippen molar-refractivity contribution in [1.82, 2.24) is 15.0 Å². The molecule has 5 heteroatoms. The van der Waals surface area contributed by atoms with Gasteiger partial charge in [-0.05, 0) is 6.07 Å². The molecular weight excluding hydrogens is 162 g/mol. The molecule has 2 heterocycles. The Balaban J connectivity index is 3.14. The van der Waals surface area contributed by atoms with Crippen LogP contribution in [-0.2, 0) is 0 Å². The maximum absolute atomic E-state index is 10.8. The van der Waals surface area contributed by atoms with E-state index >= 15 is 0 Å². The average Bonchev–Trinajstić information content (AvgIpc) is 2.31. The number of aromatic amines is 3. The largest absolute Gasteiger partial charge is 0.346 e. The second kappa shape index (κ2) is 2.06. The molecule has 0 fully saturated rings. The first kappa shape index (κ1) is 6.36. The third-order valence-electron chi connectivity index (χ3n) is 1.44. The van der Waals surface area contributed by atoms with E-state index in [1.54, 1.807) is 12.3 Å². The first-order valence-corrected chi connectivity index (χ1v) is 3.48. The van der Waals surface area contributed by atoms with E-state index in [2.05, 4.69) is 15.0 Å². The smallest absolute Gasteiger partial charge is 0.325 e. The highest BCUT2D eigenvalue weighted by Gasteiger charge is 1.96. The second-order valence-corrected chi connectivity index (χ2v) is 2.61. The van der Waals surface area contributed by atoms with Crippen LogP contribution in [0.5, 0.6) is 0 Å². The van der Waals surface area contributed by atoms with Crippen LogP contribution in [0.2, 0.25) is 0 Å². The van der Waals surface area contributed by atoms with Crippen molar-refractivity contribution < 1.29 is 0 Å². The van der Waals surface area contributed by atoms with Crippen LogP contribution >= 0.6 is 12.2 Å². The second-order valence-electron chi connectivity index (χ2n) is 2.17. The Hall–Kier alpha value is -1.36. The van der Waals surface area contributed by atoms with Crippen molar-refractivity contribution in [3.05, 3.63) is 27.3 Å². The van der Waals surface area contributed by atoms with E-state index in [9.17, 15) is 4.79 Å². The summed E-state index contributed by atoms with van der Waals surface area (Å²) < 4.78 is 0.636. The van der Waals surface area contributed by atoms with Gasteiger partial charge in [-0.3, -0.25) is 4.98 Å². The molecule has 2 aromatic heterocycles. The lowest BCUT2D eigenvalue weighted by atomic mass is 10.4. The van der Waals surface area contributed by atoms with Gasteiger partial charge in [0.15, 0.2) is 0 Å². The zero-order valence-electron chi connectivity index (χ0n) is 5.47. The Morgan fingerprint density at radius 2 is 2.18 bits per heavy atom. The van der Waals surface area contributed by atoms with Crippen LogP contribution in [-0.4, -0.2) is 15.0 Å². The van der Waals surface area contributed by atoms with Crippen LogP contribution in [0.1, 0.15) is 0 Å². The van der Waals surface area contributed by atoms with E-state index in [-0.39, 0.29) is 5.69 Å². The Morgan fingerprint density at radius 1 is 1.36 bits per heavy atom. The molecule has 0 saturated carbocycles. The molecule has 0 amide bonds. The van der Waals surface area contributed by atoms with Crippen molar-refractivity contribution in [1.29, 1.82) is 0 Å². The maximum atomic E-state index is 10.8. The highest BCUT2D eigenvalue weighted by atomic mass is 32.1. The minimum Gasteiger partial charge on any atom is -0.346 e. The van der Waals surface area contributed by atoms with Crippen molar-refractivity contribution in [2.75, 3.05) is 0 Å². The van der Waals surface area contributed by atoms with Gasteiger partial charge in [-0.1, -0.05) is 12.2 Å². The third-order valence-corrected chi connectivity index (χ3v) is 1.78. The predicted molar refractivity (Wildman–Crippen MR) is 44.1 cm³/mol. The number of hydrogen-bond acceptors (Lipinski definition) is 2. The van der Waals surface area contributed by atoms with E-state index in [0.29, 0.717) is 15.7 Å². The molecule has 0 aliphatic rings. The van der Waals surface area contributed by atoms with E-state index in [0.717, 1.165) is 0 Å². The van der Waals surface area contributed by atoms with Gasteiger partial charge in [0.2, 0.25) is 0 Å². The highest BCUT2D eigenvalue weighted by molar-refractivity contribution is 7.71. The lowest BCUT2D eigenvalue weighted by Crippen LogP contribution is -1.99. The molecule has 0 unspecified atom stereocenters. The van der Waals surface area contributed by atoms with Crippen molar-refractivity contribution in [3.63, 3.8) is 0 Å². The molecule has 0 bridgehead atoms. The number of nitrogens with one attached hydrogen (secondary N) is 3.